The number of Topliss-reactive ketones (excluding diaryl/α,β-unsaturated/α-hetero) is 1. The predicted molar refractivity (Wildman–Crippen MR) is 150 cm³/mol. The molecule has 0 spiro atoms. The second-order valence-corrected chi connectivity index (χ2v) is 9.62. The molecule has 8 heteroatoms. The summed E-state index contributed by atoms with van der Waals surface area (Å²) in [5.41, 5.74) is 1.96. The minimum atomic E-state index is -0.557. The molecule has 4 aromatic carbocycles. The normalized spacial score (nSPS) is 11.1. The van der Waals surface area contributed by atoms with Gasteiger partial charge in [0.05, 0.1) is 5.75 Å². The second-order valence-electron chi connectivity index (χ2n) is 8.13. The summed E-state index contributed by atoms with van der Waals surface area (Å²) in [6, 6.07) is 27.8. The Bertz CT molecular complexity index is 1470. The topological polar surface area (TPSA) is 75.3 Å². The van der Waals surface area contributed by atoms with Gasteiger partial charge in [0.25, 0.3) is 11.8 Å². The van der Waals surface area contributed by atoms with E-state index in [1.54, 1.807) is 72.8 Å². The molecule has 4 rings (SSSR count). The van der Waals surface area contributed by atoms with Crippen LogP contribution < -0.4 is 10.6 Å². The van der Waals surface area contributed by atoms with Crippen molar-refractivity contribution in [1.82, 2.24) is 5.32 Å². The Kier molecular flexibility index (Phi) is 9.08. The van der Waals surface area contributed by atoms with Gasteiger partial charge in [-0.2, -0.15) is 0 Å². The number of anilines is 1. The molecule has 0 aliphatic carbocycles. The molecule has 0 aromatic heterocycles. The van der Waals surface area contributed by atoms with E-state index in [-0.39, 0.29) is 17.2 Å². The largest absolute Gasteiger partial charge is 0.321 e. The van der Waals surface area contributed by atoms with E-state index in [9.17, 15) is 18.8 Å². The lowest BCUT2D eigenvalue weighted by Crippen LogP contribution is -2.30. The van der Waals surface area contributed by atoms with Gasteiger partial charge in [0.15, 0.2) is 5.78 Å². The van der Waals surface area contributed by atoms with Gasteiger partial charge in [-0.15, -0.1) is 11.8 Å². The lowest BCUT2D eigenvalue weighted by Gasteiger charge is -2.12. The predicted octanol–water partition coefficient (Wildman–Crippen LogP) is 6.86. The van der Waals surface area contributed by atoms with E-state index in [1.165, 1.54) is 42.1 Å². The molecule has 0 aliphatic heterocycles. The van der Waals surface area contributed by atoms with E-state index in [1.807, 2.05) is 6.07 Å². The van der Waals surface area contributed by atoms with E-state index in [0.717, 1.165) is 4.90 Å². The minimum Gasteiger partial charge on any atom is -0.321 e. The van der Waals surface area contributed by atoms with E-state index < -0.39 is 17.6 Å². The summed E-state index contributed by atoms with van der Waals surface area (Å²) < 4.78 is 13.4. The molecule has 38 heavy (non-hydrogen) atoms. The Morgan fingerprint density at radius 2 is 1.53 bits per heavy atom. The van der Waals surface area contributed by atoms with Crippen LogP contribution in [0.3, 0.4) is 0 Å². The smallest absolute Gasteiger partial charge is 0.272 e. The number of amides is 2. The van der Waals surface area contributed by atoms with Crippen LogP contribution in [-0.2, 0) is 4.79 Å². The molecule has 0 radical (unpaired) electrons. The molecule has 2 amide bonds. The molecule has 190 valence electrons. The first-order valence-corrected chi connectivity index (χ1v) is 12.9. The number of carbonyl (C=O) groups is 3. The van der Waals surface area contributed by atoms with Crippen LogP contribution in [0.1, 0.15) is 26.3 Å². The van der Waals surface area contributed by atoms with Crippen molar-refractivity contribution in [3.05, 3.63) is 136 Å². The molecule has 5 nitrogen and oxygen atoms in total. The lowest BCUT2D eigenvalue weighted by atomic mass is 10.1. The summed E-state index contributed by atoms with van der Waals surface area (Å²) in [5, 5.41) is 6.00. The first-order valence-electron chi connectivity index (χ1n) is 11.5. The molecule has 0 atom stereocenters. The number of carbonyl (C=O) groups excluding carboxylic acids is 3. The van der Waals surface area contributed by atoms with Crippen LogP contribution >= 0.6 is 23.4 Å². The number of hydrogen-bond acceptors (Lipinski definition) is 4. The fourth-order valence-electron chi connectivity index (χ4n) is 3.40. The maximum atomic E-state index is 13.4. The highest BCUT2D eigenvalue weighted by atomic mass is 35.5. The zero-order valence-electron chi connectivity index (χ0n) is 20.0. The van der Waals surface area contributed by atoms with Crippen molar-refractivity contribution in [3.63, 3.8) is 0 Å². The first kappa shape index (κ1) is 26.9. The number of ketones is 1. The monoisotopic (exact) mass is 544 g/mol. The van der Waals surface area contributed by atoms with Crippen LogP contribution in [0.2, 0.25) is 5.02 Å². The van der Waals surface area contributed by atoms with Crippen molar-refractivity contribution in [2.45, 2.75) is 4.90 Å². The zero-order chi connectivity index (χ0) is 26.9. The van der Waals surface area contributed by atoms with Gasteiger partial charge < -0.3 is 10.6 Å². The summed E-state index contributed by atoms with van der Waals surface area (Å²) in [6.45, 7) is 0. The minimum absolute atomic E-state index is 0.0126. The van der Waals surface area contributed by atoms with Gasteiger partial charge in [-0.3, -0.25) is 14.4 Å². The van der Waals surface area contributed by atoms with Crippen molar-refractivity contribution in [3.8, 4) is 0 Å². The Morgan fingerprint density at radius 1 is 0.816 bits per heavy atom. The summed E-state index contributed by atoms with van der Waals surface area (Å²) >= 11 is 7.22. The van der Waals surface area contributed by atoms with Crippen LogP contribution in [-0.4, -0.2) is 23.4 Å². The number of thioether (sulfide) groups is 1. The SMILES string of the molecule is O=C(Nc1cccc(SCC(=O)c2ccc(Cl)cc2)c1)/C(=C/c1ccc(F)cc1)NC(=O)c1ccccc1. The van der Waals surface area contributed by atoms with Crippen LogP contribution in [0.25, 0.3) is 6.08 Å². The van der Waals surface area contributed by atoms with Gasteiger partial charge in [-0.25, -0.2) is 4.39 Å². The van der Waals surface area contributed by atoms with Crippen molar-refractivity contribution < 1.29 is 18.8 Å². The van der Waals surface area contributed by atoms with E-state index >= 15 is 0 Å². The molecular weight excluding hydrogens is 523 g/mol. The van der Waals surface area contributed by atoms with Crippen molar-refractivity contribution in [1.29, 1.82) is 0 Å². The molecular formula is C30H22ClFN2O3S. The average Bonchev–Trinajstić information content (AvgIpc) is 2.93. The molecule has 0 saturated heterocycles. The number of rotatable bonds is 9. The van der Waals surface area contributed by atoms with Gasteiger partial charge >= 0.3 is 0 Å². The molecule has 2 N–H and O–H groups in total. The van der Waals surface area contributed by atoms with E-state index in [4.69, 9.17) is 11.6 Å². The van der Waals surface area contributed by atoms with Gasteiger partial charge in [0.2, 0.25) is 0 Å². The molecule has 0 saturated carbocycles. The lowest BCUT2D eigenvalue weighted by molar-refractivity contribution is -0.113. The number of nitrogens with one attached hydrogen (secondary N) is 2. The molecule has 4 aromatic rings. The Labute approximate surface area is 228 Å². The van der Waals surface area contributed by atoms with Crippen LogP contribution in [0, 0.1) is 5.82 Å². The highest BCUT2D eigenvalue weighted by Gasteiger charge is 2.16. The fraction of sp³-hybridized carbons (Fsp3) is 0.0333. The van der Waals surface area contributed by atoms with Crippen LogP contribution in [0.4, 0.5) is 10.1 Å². The third-order valence-corrected chi connectivity index (χ3v) is 6.58. The standard InChI is InChI=1S/C30H22ClFN2O3S/c31-23-13-11-21(12-14-23)28(35)19-38-26-8-4-7-25(18-26)33-30(37)27(17-20-9-15-24(32)16-10-20)34-29(36)22-5-2-1-3-6-22/h1-18H,19H2,(H,33,37)(H,34,36)/b27-17-. The molecule has 0 unspecified atom stereocenters. The first-order chi connectivity index (χ1) is 18.4. The Hall–Kier alpha value is -4.20. The van der Waals surface area contributed by atoms with Crippen LogP contribution in [0.5, 0.6) is 0 Å². The van der Waals surface area contributed by atoms with Crippen molar-refractivity contribution in [2.24, 2.45) is 0 Å². The molecule has 0 bridgehead atoms. The number of hydrogen-bond donors (Lipinski definition) is 2. The summed E-state index contributed by atoms with van der Waals surface area (Å²) in [7, 11) is 0. The second kappa shape index (κ2) is 12.9. The molecule has 0 aliphatic rings. The quantitative estimate of drug-likeness (QED) is 0.137. The van der Waals surface area contributed by atoms with Crippen molar-refractivity contribution in [2.75, 3.05) is 11.1 Å². The Morgan fingerprint density at radius 3 is 2.24 bits per heavy atom. The van der Waals surface area contributed by atoms with Gasteiger partial charge in [0.1, 0.15) is 11.5 Å². The molecule has 0 fully saturated rings. The molecule has 0 heterocycles. The number of benzene rings is 4. The maximum Gasteiger partial charge on any atom is 0.272 e. The van der Waals surface area contributed by atoms with Gasteiger partial charge in [-0.1, -0.05) is 48.0 Å². The summed E-state index contributed by atoms with van der Waals surface area (Å²) in [4.78, 5) is 39.2. The fourth-order valence-corrected chi connectivity index (χ4v) is 4.37. The van der Waals surface area contributed by atoms with E-state index in [2.05, 4.69) is 10.6 Å². The Balaban J connectivity index is 1.48. The highest BCUT2D eigenvalue weighted by molar-refractivity contribution is 8.00. The van der Waals surface area contributed by atoms with Gasteiger partial charge in [-0.05, 0) is 78.4 Å². The third-order valence-electron chi connectivity index (χ3n) is 5.34. The highest BCUT2D eigenvalue weighted by Crippen LogP contribution is 2.23. The zero-order valence-corrected chi connectivity index (χ0v) is 21.6. The van der Waals surface area contributed by atoms with Crippen LogP contribution in [0.15, 0.2) is 114 Å². The summed E-state index contributed by atoms with van der Waals surface area (Å²) in [6.07, 6.45) is 1.47. The summed E-state index contributed by atoms with van der Waals surface area (Å²) in [5.74, 6) is -1.27. The van der Waals surface area contributed by atoms with Crippen molar-refractivity contribution >= 4 is 52.7 Å². The van der Waals surface area contributed by atoms with Gasteiger partial charge in [0, 0.05) is 26.7 Å². The average molecular weight is 545 g/mol. The van der Waals surface area contributed by atoms with E-state index in [0.29, 0.717) is 27.4 Å². The maximum absolute atomic E-state index is 13.4. The third kappa shape index (κ3) is 7.65. The number of halogens is 2.